The number of rotatable bonds is 5. The molecule has 0 radical (unpaired) electrons. The Labute approximate surface area is 127 Å². The van der Waals surface area contributed by atoms with E-state index < -0.39 is 14.9 Å². The normalized spacial score (nSPS) is 11.6. The van der Waals surface area contributed by atoms with E-state index in [0.717, 1.165) is 6.07 Å². The summed E-state index contributed by atoms with van der Waals surface area (Å²) >= 11 is 0. The van der Waals surface area contributed by atoms with E-state index in [9.17, 15) is 18.5 Å². The summed E-state index contributed by atoms with van der Waals surface area (Å²) < 4.78 is 32.0. The molecule has 0 fully saturated rings. The van der Waals surface area contributed by atoms with Gasteiger partial charge in [0, 0.05) is 24.1 Å². The third kappa shape index (κ3) is 3.25. The quantitative estimate of drug-likeness (QED) is 0.667. The van der Waals surface area contributed by atoms with Crippen LogP contribution >= 0.6 is 0 Å². The van der Waals surface area contributed by atoms with Crippen LogP contribution in [0.25, 0.3) is 0 Å². The summed E-state index contributed by atoms with van der Waals surface area (Å²) in [6, 6.07) is 5.04. The van der Waals surface area contributed by atoms with Crippen molar-refractivity contribution in [2.45, 2.75) is 31.6 Å². The first-order valence-corrected chi connectivity index (χ1v) is 7.93. The third-order valence-corrected chi connectivity index (χ3v) is 4.51. The number of nitrogens with zero attached hydrogens (tertiary/aromatic N) is 2. The van der Waals surface area contributed by atoms with Crippen LogP contribution in [0, 0.1) is 17.0 Å². The number of nitrogens with one attached hydrogen (secondary N) is 1. The van der Waals surface area contributed by atoms with Gasteiger partial charge in [0.05, 0.1) is 9.82 Å². The second-order valence-corrected chi connectivity index (χ2v) is 6.73. The fourth-order valence-corrected chi connectivity index (χ4v) is 3.06. The van der Waals surface area contributed by atoms with Gasteiger partial charge in [0.2, 0.25) is 0 Å². The van der Waals surface area contributed by atoms with E-state index in [1.54, 1.807) is 0 Å². The lowest BCUT2D eigenvalue weighted by Gasteiger charge is -2.07. The Hall–Kier alpha value is -2.42. The average Bonchev–Trinajstić information content (AvgIpc) is 2.86. The molecule has 9 heteroatoms. The van der Waals surface area contributed by atoms with E-state index in [4.69, 9.17) is 4.52 Å². The lowest BCUT2D eigenvalue weighted by atomic mass is 10.2. The lowest BCUT2D eigenvalue weighted by Crippen LogP contribution is -2.14. The molecule has 0 unspecified atom stereocenters. The molecule has 118 valence electrons. The van der Waals surface area contributed by atoms with Crippen LogP contribution in [0.3, 0.4) is 0 Å². The monoisotopic (exact) mass is 325 g/mol. The van der Waals surface area contributed by atoms with Crippen LogP contribution in [-0.4, -0.2) is 18.5 Å². The van der Waals surface area contributed by atoms with Crippen molar-refractivity contribution in [3.8, 4) is 0 Å². The molecule has 2 rings (SSSR count). The number of aromatic nitrogens is 1. The van der Waals surface area contributed by atoms with Gasteiger partial charge in [-0.05, 0) is 18.6 Å². The van der Waals surface area contributed by atoms with Crippen molar-refractivity contribution < 1.29 is 17.9 Å². The number of non-ortho nitro benzene ring substituents is 1. The summed E-state index contributed by atoms with van der Waals surface area (Å²) in [7, 11) is -3.89. The second-order valence-electron chi connectivity index (χ2n) is 5.08. The summed E-state index contributed by atoms with van der Waals surface area (Å²) in [4.78, 5) is 10.1. The number of nitro groups is 1. The summed E-state index contributed by atoms with van der Waals surface area (Å²) in [5, 5.41) is 14.3. The number of sulfonamides is 1. The minimum atomic E-state index is -3.89. The molecular formula is C13H15N3O5S. The van der Waals surface area contributed by atoms with E-state index >= 15 is 0 Å². The van der Waals surface area contributed by atoms with Crippen molar-refractivity contribution >= 4 is 21.5 Å². The second kappa shape index (κ2) is 5.76. The Morgan fingerprint density at radius 3 is 2.50 bits per heavy atom. The van der Waals surface area contributed by atoms with Crippen LogP contribution in [0.5, 0.6) is 0 Å². The number of hydrogen-bond acceptors (Lipinski definition) is 6. The zero-order valence-corrected chi connectivity index (χ0v) is 13.0. The van der Waals surface area contributed by atoms with Crippen LogP contribution in [-0.2, 0) is 10.0 Å². The van der Waals surface area contributed by atoms with Crippen LogP contribution in [0.4, 0.5) is 11.5 Å². The molecule has 0 bridgehead atoms. The van der Waals surface area contributed by atoms with E-state index in [1.165, 1.54) is 25.1 Å². The van der Waals surface area contributed by atoms with Crippen LogP contribution in [0.15, 0.2) is 33.7 Å². The average molecular weight is 325 g/mol. The maximum atomic E-state index is 12.3. The smallest absolute Gasteiger partial charge is 0.269 e. The number of nitro benzene ring substituents is 1. The minimum absolute atomic E-state index is 0.0489. The van der Waals surface area contributed by atoms with Crippen molar-refractivity contribution in [2.24, 2.45) is 0 Å². The molecule has 1 aromatic heterocycles. The molecule has 0 aliphatic carbocycles. The third-order valence-electron chi connectivity index (χ3n) is 3.00. The van der Waals surface area contributed by atoms with Crippen molar-refractivity contribution in [2.75, 3.05) is 4.72 Å². The van der Waals surface area contributed by atoms with Gasteiger partial charge < -0.3 is 4.52 Å². The fourth-order valence-electron chi connectivity index (χ4n) is 1.85. The molecule has 0 spiro atoms. The van der Waals surface area contributed by atoms with E-state index in [-0.39, 0.29) is 27.9 Å². The predicted octanol–water partition coefficient (Wildman–Crippen LogP) is 2.82. The Kier molecular flexibility index (Phi) is 4.18. The molecule has 0 saturated carbocycles. The van der Waals surface area contributed by atoms with Crippen LogP contribution in [0.2, 0.25) is 0 Å². The number of anilines is 1. The molecule has 2 aromatic rings. The molecule has 0 aliphatic heterocycles. The first-order chi connectivity index (χ1) is 10.2. The van der Waals surface area contributed by atoms with Gasteiger partial charge in [-0.1, -0.05) is 19.0 Å². The highest BCUT2D eigenvalue weighted by Crippen LogP contribution is 2.24. The maximum absolute atomic E-state index is 12.3. The van der Waals surface area contributed by atoms with Gasteiger partial charge in [-0.2, -0.15) is 0 Å². The molecule has 0 saturated heterocycles. The van der Waals surface area contributed by atoms with E-state index in [2.05, 4.69) is 9.88 Å². The predicted molar refractivity (Wildman–Crippen MR) is 79.2 cm³/mol. The van der Waals surface area contributed by atoms with Crippen molar-refractivity contribution in [1.82, 2.24) is 5.16 Å². The standard InChI is InChI=1S/C13H15N3O5S/c1-8(2)11-7-13(14-21-11)15-22(19,20)12-5-4-10(16(17)18)6-9(12)3/h4-8H,1-3H3,(H,14,15). The Morgan fingerprint density at radius 1 is 1.32 bits per heavy atom. The number of hydrogen-bond donors (Lipinski definition) is 1. The van der Waals surface area contributed by atoms with Crippen molar-refractivity contribution in [1.29, 1.82) is 0 Å². The minimum Gasteiger partial charge on any atom is -0.359 e. The zero-order valence-electron chi connectivity index (χ0n) is 12.2. The van der Waals surface area contributed by atoms with E-state index in [1.807, 2.05) is 13.8 Å². The molecule has 0 amide bonds. The highest BCUT2D eigenvalue weighted by molar-refractivity contribution is 7.92. The summed E-state index contributed by atoms with van der Waals surface area (Å²) in [5.74, 6) is 0.700. The molecule has 0 aliphatic rings. The van der Waals surface area contributed by atoms with Gasteiger partial charge in [0.1, 0.15) is 5.76 Å². The Balaban J connectivity index is 2.32. The van der Waals surface area contributed by atoms with Gasteiger partial charge in [0.15, 0.2) is 5.82 Å². The van der Waals surface area contributed by atoms with Gasteiger partial charge in [0.25, 0.3) is 15.7 Å². The molecule has 1 N–H and O–H groups in total. The molecule has 22 heavy (non-hydrogen) atoms. The largest absolute Gasteiger partial charge is 0.359 e. The van der Waals surface area contributed by atoms with Gasteiger partial charge >= 0.3 is 0 Å². The van der Waals surface area contributed by atoms with Gasteiger partial charge in [-0.15, -0.1) is 0 Å². The van der Waals surface area contributed by atoms with Crippen LogP contribution in [0.1, 0.15) is 31.1 Å². The fraction of sp³-hybridized carbons (Fsp3) is 0.308. The van der Waals surface area contributed by atoms with Crippen LogP contribution < -0.4 is 4.72 Å². The molecule has 1 heterocycles. The Morgan fingerprint density at radius 2 is 2.00 bits per heavy atom. The molecule has 8 nitrogen and oxygen atoms in total. The lowest BCUT2D eigenvalue weighted by molar-refractivity contribution is -0.385. The SMILES string of the molecule is Cc1cc([N+](=O)[O-])ccc1S(=O)(=O)Nc1cc(C(C)C)on1. The molecular weight excluding hydrogens is 310 g/mol. The van der Waals surface area contributed by atoms with Gasteiger partial charge in [-0.25, -0.2) is 8.42 Å². The van der Waals surface area contributed by atoms with Crippen molar-refractivity contribution in [3.63, 3.8) is 0 Å². The van der Waals surface area contributed by atoms with Gasteiger partial charge in [-0.3, -0.25) is 14.8 Å². The van der Waals surface area contributed by atoms with Crippen molar-refractivity contribution in [3.05, 3.63) is 45.7 Å². The van der Waals surface area contributed by atoms with E-state index in [0.29, 0.717) is 5.76 Å². The number of aryl methyl sites for hydroxylation is 1. The highest BCUT2D eigenvalue weighted by Gasteiger charge is 2.21. The number of benzene rings is 1. The molecule has 0 atom stereocenters. The summed E-state index contributed by atoms with van der Waals surface area (Å²) in [5.41, 5.74) is 0.106. The summed E-state index contributed by atoms with van der Waals surface area (Å²) in [6.45, 7) is 5.27. The topological polar surface area (TPSA) is 115 Å². The Bertz CT molecular complexity index is 811. The highest BCUT2D eigenvalue weighted by atomic mass is 32.2. The first kappa shape index (κ1) is 16.0. The maximum Gasteiger partial charge on any atom is 0.269 e. The zero-order chi connectivity index (χ0) is 16.5. The summed E-state index contributed by atoms with van der Waals surface area (Å²) in [6.07, 6.45) is 0. The first-order valence-electron chi connectivity index (χ1n) is 6.45. The molecule has 1 aromatic carbocycles.